The second kappa shape index (κ2) is 5.51. The number of ether oxygens (including phenoxy) is 1. The van der Waals surface area contributed by atoms with Crippen LogP contribution in [0.4, 0.5) is 5.69 Å². The number of halogens is 1. The molecule has 0 aliphatic heterocycles. The molecule has 0 radical (unpaired) electrons. The van der Waals surface area contributed by atoms with Gasteiger partial charge in [-0.25, -0.2) is 4.98 Å². The van der Waals surface area contributed by atoms with Gasteiger partial charge in [0.15, 0.2) is 5.15 Å². The molecule has 0 spiro atoms. The minimum absolute atomic E-state index is 0.258. The van der Waals surface area contributed by atoms with Crippen molar-refractivity contribution in [2.24, 2.45) is 0 Å². The van der Waals surface area contributed by atoms with E-state index in [0.717, 1.165) is 0 Å². The van der Waals surface area contributed by atoms with Gasteiger partial charge >= 0.3 is 0 Å². The number of pyridine rings is 1. The largest absolute Gasteiger partial charge is 0.497 e. The number of anilines is 1. The topological polar surface area (TPSA) is 51.2 Å². The Kier molecular flexibility index (Phi) is 3.79. The number of methoxy groups -OCH3 is 1. The lowest BCUT2D eigenvalue weighted by molar-refractivity contribution is 0.102. The van der Waals surface area contributed by atoms with Crippen molar-refractivity contribution >= 4 is 23.2 Å². The number of amides is 1. The zero-order valence-electron chi connectivity index (χ0n) is 9.68. The number of hydrogen-bond acceptors (Lipinski definition) is 3. The average Bonchev–Trinajstić information content (AvgIpc) is 2.41. The van der Waals surface area contributed by atoms with Crippen LogP contribution in [-0.2, 0) is 0 Å². The molecule has 1 heterocycles. The van der Waals surface area contributed by atoms with Gasteiger partial charge in [0.1, 0.15) is 5.75 Å². The molecule has 0 fully saturated rings. The van der Waals surface area contributed by atoms with E-state index in [0.29, 0.717) is 17.0 Å². The SMILES string of the molecule is COc1cccc(C(=O)Nc2cccnc2Cl)c1. The maximum atomic E-state index is 12.0. The molecule has 0 bridgehead atoms. The van der Waals surface area contributed by atoms with Crippen molar-refractivity contribution in [1.82, 2.24) is 4.98 Å². The van der Waals surface area contributed by atoms with Gasteiger partial charge < -0.3 is 10.1 Å². The highest BCUT2D eigenvalue weighted by Gasteiger charge is 2.09. The molecule has 5 heteroatoms. The van der Waals surface area contributed by atoms with Gasteiger partial charge in [0.05, 0.1) is 12.8 Å². The predicted octanol–water partition coefficient (Wildman–Crippen LogP) is 3.00. The third-order valence-electron chi connectivity index (χ3n) is 2.34. The summed E-state index contributed by atoms with van der Waals surface area (Å²) in [5, 5.41) is 2.95. The van der Waals surface area contributed by atoms with Crippen LogP contribution in [0.2, 0.25) is 5.15 Å². The van der Waals surface area contributed by atoms with Crippen LogP contribution < -0.4 is 10.1 Å². The van der Waals surface area contributed by atoms with Gasteiger partial charge in [-0.2, -0.15) is 0 Å². The minimum atomic E-state index is -0.260. The summed E-state index contributed by atoms with van der Waals surface area (Å²) >= 11 is 5.86. The third kappa shape index (κ3) is 2.78. The number of benzene rings is 1. The normalized spacial score (nSPS) is 9.89. The highest BCUT2D eigenvalue weighted by atomic mass is 35.5. The molecule has 0 atom stereocenters. The van der Waals surface area contributed by atoms with E-state index >= 15 is 0 Å². The molecule has 2 aromatic rings. The van der Waals surface area contributed by atoms with Crippen molar-refractivity contribution in [3.63, 3.8) is 0 Å². The highest BCUT2D eigenvalue weighted by Crippen LogP contribution is 2.19. The predicted molar refractivity (Wildman–Crippen MR) is 70.2 cm³/mol. The number of aromatic nitrogens is 1. The molecule has 1 aromatic carbocycles. The number of hydrogen-bond donors (Lipinski definition) is 1. The Labute approximate surface area is 110 Å². The Morgan fingerprint density at radius 2 is 2.17 bits per heavy atom. The lowest BCUT2D eigenvalue weighted by Crippen LogP contribution is -2.12. The minimum Gasteiger partial charge on any atom is -0.497 e. The smallest absolute Gasteiger partial charge is 0.255 e. The lowest BCUT2D eigenvalue weighted by Gasteiger charge is -2.07. The summed E-state index contributed by atoms with van der Waals surface area (Å²) in [7, 11) is 1.55. The van der Waals surface area contributed by atoms with E-state index < -0.39 is 0 Å². The van der Waals surface area contributed by atoms with E-state index in [9.17, 15) is 4.79 Å². The van der Waals surface area contributed by atoms with Gasteiger partial charge in [0.25, 0.3) is 5.91 Å². The second-order valence-corrected chi connectivity index (χ2v) is 3.89. The molecule has 0 aliphatic rings. The molecular formula is C13H11ClN2O2. The third-order valence-corrected chi connectivity index (χ3v) is 2.64. The molecule has 1 N–H and O–H groups in total. The van der Waals surface area contributed by atoms with E-state index in [4.69, 9.17) is 16.3 Å². The summed E-state index contributed by atoms with van der Waals surface area (Å²) in [4.78, 5) is 15.9. The van der Waals surface area contributed by atoms with Crippen LogP contribution >= 0.6 is 11.6 Å². The number of nitrogens with one attached hydrogen (secondary N) is 1. The average molecular weight is 263 g/mol. The summed E-state index contributed by atoms with van der Waals surface area (Å²) in [5.74, 6) is 0.365. The Hall–Kier alpha value is -2.07. The van der Waals surface area contributed by atoms with E-state index in [1.807, 2.05) is 0 Å². The maximum Gasteiger partial charge on any atom is 0.255 e. The number of rotatable bonds is 3. The first kappa shape index (κ1) is 12.4. The summed E-state index contributed by atoms with van der Waals surface area (Å²) in [6.07, 6.45) is 1.56. The summed E-state index contributed by atoms with van der Waals surface area (Å²) in [6, 6.07) is 10.3. The molecule has 2 rings (SSSR count). The van der Waals surface area contributed by atoms with Gasteiger partial charge in [-0.1, -0.05) is 17.7 Å². The van der Waals surface area contributed by atoms with Crippen LogP contribution in [0, 0.1) is 0 Å². The molecule has 1 amide bonds. The molecule has 92 valence electrons. The standard InChI is InChI=1S/C13H11ClN2O2/c1-18-10-5-2-4-9(8-10)13(17)16-11-6-3-7-15-12(11)14/h2-8H,1H3,(H,16,17). The fraction of sp³-hybridized carbons (Fsp3) is 0.0769. The maximum absolute atomic E-state index is 12.0. The zero-order chi connectivity index (χ0) is 13.0. The molecule has 1 aromatic heterocycles. The van der Waals surface area contributed by atoms with Gasteiger partial charge in [0, 0.05) is 11.8 Å². The summed E-state index contributed by atoms with van der Waals surface area (Å²) in [6.45, 7) is 0. The number of nitrogens with zero attached hydrogens (tertiary/aromatic N) is 1. The van der Waals surface area contributed by atoms with Gasteiger partial charge in [-0.15, -0.1) is 0 Å². The quantitative estimate of drug-likeness (QED) is 0.865. The number of carbonyl (C=O) groups is 1. The fourth-order valence-electron chi connectivity index (χ4n) is 1.44. The molecule has 4 nitrogen and oxygen atoms in total. The van der Waals surface area contributed by atoms with E-state index in [1.165, 1.54) is 0 Å². The van der Waals surface area contributed by atoms with Crippen molar-refractivity contribution in [3.05, 3.63) is 53.3 Å². The van der Waals surface area contributed by atoms with Gasteiger partial charge in [-0.3, -0.25) is 4.79 Å². The molecule has 18 heavy (non-hydrogen) atoms. The van der Waals surface area contributed by atoms with Crippen LogP contribution in [0.3, 0.4) is 0 Å². The molecule has 0 saturated heterocycles. The molecular weight excluding hydrogens is 252 g/mol. The Morgan fingerprint density at radius 3 is 2.89 bits per heavy atom. The summed E-state index contributed by atoms with van der Waals surface area (Å²) < 4.78 is 5.06. The first-order chi connectivity index (χ1) is 8.70. The van der Waals surface area contributed by atoms with Crippen molar-refractivity contribution < 1.29 is 9.53 Å². The second-order valence-electron chi connectivity index (χ2n) is 3.53. The Balaban J connectivity index is 2.19. The van der Waals surface area contributed by atoms with E-state index in [1.54, 1.807) is 49.7 Å². The first-order valence-electron chi connectivity index (χ1n) is 5.26. The van der Waals surface area contributed by atoms with Gasteiger partial charge in [0.2, 0.25) is 0 Å². The van der Waals surface area contributed by atoms with Crippen molar-refractivity contribution in [2.75, 3.05) is 12.4 Å². The first-order valence-corrected chi connectivity index (χ1v) is 5.64. The van der Waals surface area contributed by atoms with Crippen LogP contribution in [0.25, 0.3) is 0 Å². The van der Waals surface area contributed by atoms with Crippen LogP contribution in [0.1, 0.15) is 10.4 Å². The summed E-state index contributed by atoms with van der Waals surface area (Å²) in [5.41, 5.74) is 0.973. The van der Waals surface area contributed by atoms with E-state index in [2.05, 4.69) is 10.3 Å². The van der Waals surface area contributed by atoms with Crippen LogP contribution in [-0.4, -0.2) is 18.0 Å². The van der Waals surface area contributed by atoms with Crippen LogP contribution in [0.15, 0.2) is 42.6 Å². The Morgan fingerprint density at radius 1 is 1.33 bits per heavy atom. The Bertz CT molecular complexity index is 572. The van der Waals surface area contributed by atoms with Crippen molar-refractivity contribution in [3.8, 4) is 5.75 Å². The molecule has 0 unspecified atom stereocenters. The zero-order valence-corrected chi connectivity index (χ0v) is 10.4. The van der Waals surface area contributed by atoms with Crippen LogP contribution in [0.5, 0.6) is 5.75 Å². The molecule has 0 aliphatic carbocycles. The van der Waals surface area contributed by atoms with Crippen molar-refractivity contribution in [1.29, 1.82) is 0 Å². The monoisotopic (exact) mass is 262 g/mol. The fourth-order valence-corrected chi connectivity index (χ4v) is 1.60. The van der Waals surface area contributed by atoms with E-state index in [-0.39, 0.29) is 11.1 Å². The van der Waals surface area contributed by atoms with Gasteiger partial charge in [-0.05, 0) is 30.3 Å². The van der Waals surface area contributed by atoms with Crippen molar-refractivity contribution in [2.45, 2.75) is 0 Å². The molecule has 0 saturated carbocycles. The number of carbonyl (C=O) groups excluding carboxylic acids is 1. The highest BCUT2D eigenvalue weighted by molar-refractivity contribution is 6.32. The lowest BCUT2D eigenvalue weighted by atomic mass is 10.2.